The molecule has 0 aromatic heterocycles. The van der Waals surface area contributed by atoms with Gasteiger partial charge in [-0.2, -0.15) is 0 Å². The van der Waals surface area contributed by atoms with Gasteiger partial charge in [0.15, 0.2) is 0 Å². The number of hydrogen-bond acceptors (Lipinski definition) is 3. The Bertz CT molecular complexity index is 707. The Labute approximate surface area is 141 Å². The van der Waals surface area contributed by atoms with Gasteiger partial charge in [-0.1, -0.05) is 28.1 Å². The van der Waals surface area contributed by atoms with Crippen molar-refractivity contribution >= 4 is 59.9 Å². The summed E-state index contributed by atoms with van der Waals surface area (Å²) in [7, 11) is -1.50. The molecular weight excluding hydrogens is 420 g/mol. The third-order valence-corrected chi connectivity index (χ3v) is 5.18. The summed E-state index contributed by atoms with van der Waals surface area (Å²) in [6, 6.07) is 12.3. The molecule has 1 unspecified atom stereocenters. The van der Waals surface area contributed by atoms with E-state index in [4.69, 9.17) is 5.73 Å². The molecule has 2 aromatic rings. The number of hydrogen-bond donors (Lipinski definition) is 2. The van der Waals surface area contributed by atoms with Gasteiger partial charge in [0.25, 0.3) is 0 Å². The van der Waals surface area contributed by atoms with Crippen LogP contribution in [0.4, 0.5) is 11.4 Å². The summed E-state index contributed by atoms with van der Waals surface area (Å²) in [5.74, 6) is -0.485. The van der Waals surface area contributed by atoms with E-state index < -0.39 is 10.8 Å². The quantitative estimate of drug-likeness (QED) is 0.727. The minimum Gasteiger partial charge on any atom is -0.398 e. The number of nitrogens with two attached hydrogens (primary N) is 1. The Hall–Kier alpha value is -1.18. The fraction of sp³-hybridized carbons (Fsp3) is 0.0714. The minimum absolute atomic E-state index is 0.151. The van der Waals surface area contributed by atoms with Crippen LogP contribution in [0.25, 0.3) is 0 Å². The lowest BCUT2D eigenvalue weighted by Crippen LogP contribution is -2.20. The fourth-order valence-corrected chi connectivity index (χ4v) is 3.60. The van der Waals surface area contributed by atoms with E-state index in [9.17, 15) is 9.00 Å². The highest BCUT2D eigenvalue weighted by Gasteiger charge is 2.14. The highest BCUT2D eigenvalue weighted by atomic mass is 79.9. The minimum atomic E-state index is -1.50. The summed E-state index contributed by atoms with van der Waals surface area (Å²) < 4.78 is 13.8. The summed E-state index contributed by atoms with van der Waals surface area (Å²) >= 11 is 6.64. The Balaban J connectivity index is 2.08. The van der Waals surface area contributed by atoms with Gasteiger partial charge in [0.1, 0.15) is 5.75 Å². The number of benzene rings is 2. The lowest BCUT2D eigenvalue weighted by molar-refractivity contribution is -0.113. The molecule has 0 aliphatic rings. The second-order valence-corrected chi connectivity index (χ2v) is 7.39. The maximum atomic E-state index is 12.2. The smallest absolute Gasteiger partial charge is 0.237 e. The Morgan fingerprint density at radius 3 is 2.62 bits per heavy atom. The molecule has 0 aliphatic heterocycles. The van der Waals surface area contributed by atoms with E-state index in [1.165, 1.54) is 0 Å². The fourth-order valence-electron chi connectivity index (χ4n) is 1.65. The molecule has 0 aliphatic carbocycles. The number of nitrogen functional groups attached to an aromatic ring is 1. The first kappa shape index (κ1) is 16.2. The van der Waals surface area contributed by atoms with Crippen LogP contribution in [-0.4, -0.2) is 15.9 Å². The summed E-state index contributed by atoms with van der Waals surface area (Å²) in [5, 5.41) is 2.71. The van der Waals surface area contributed by atoms with Gasteiger partial charge in [0.2, 0.25) is 5.91 Å². The van der Waals surface area contributed by atoms with E-state index in [0.29, 0.717) is 16.3 Å². The van der Waals surface area contributed by atoms with Crippen molar-refractivity contribution in [2.24, 2.45) is 0 Å². The average Bonchev–Trinajstić information content (AvgIpc) is 2.44. The zero-order valence-electron chi connectivity index (χ0n) is 10.8. The number of anilines is 2. The third-order valence-electron chi connectivity index (χ3n) is 2.63. The van der Waals surface area contributed by atoms with Crippen LogP contribution in [-0.2, 0) is 15.6 Å². The van der Waals surface area contributed by atoms with Crippen molar-refractivity contribution in [2.45, 2.75) is 4.90 Å². The van der Waals surface area contributed by atoms with Gasteiger partial charge in [0, 0.05) is 14.6 Å². The van der Waals surface area contributed by atoms with Gasteiger partial charge in [0.05, 0.1) is 21.4 Å². The molecule has 0 radical (unpaired) electrons. The van der Waals surface area contributed by atoms with E-state index in [-0.39, 0.29) is 11.7 Å². The molecule has 7 heteroatoms. The zero-order valence-corrected chi connectivity index (χ0v) is 14.8. The molecule has 0 heterocycles. The maximum absolute atomic E-state index is 12.2. The van der Waals surface area contributed by atoms with Gasteiger partial charge in [-0.05, 0) is 46.3 Å². The average molecular weight is 432 g/mol. The molecule has 2 rings (SSSR count). The molecule has 0 bridgehead atoms. The van der Waals surface area contributed by atoms with Crippen LogP contribution in [0, 0.1) is 0 Å². The van der Waals surface area contributed by atoms with Crippen LogP contribution in [0.3, 0.4) is 0 Å². The maximum Gasteiger partial charge on any atom is 0.237 e. The van der Waals surface area contributed by atoms with Crippen LogP contribution >= 0.6 is 31.9 Å². The first-order valence-corrected chi connectivity index (χ1v) is 8.85. The number of halogens is 2. The van der Waals surface area contributed by atoms with Crippen LogP contribution in [0.1, 0.15) is 0 Å². The Morgan fingerprint density at radius 2 is 1.90 bits per heavy atom. The summed E-state index contributed by atoms with van der Waals surface area (Å²) in [6.07, 6.45) is 0. The first-order valence-electron chi connectivity index (χ1n) is 5.95. The summed E-state index contributed by atoms with van der Waals surface area (Å²) in [4.78, 5) is 12.4. The third kappa shape index (κ3) is 4.39. The van der Waals surface area contributed by atoms with Gasteiger partial charge in [-0.3, -0.25) is 9.00 Å². The van der Waals surface area contributed by atoms with E-state index in [2.05, 4.69) is 37.2 Å². The molecule has 1 amide bonds. The zero-order chi connectivity index (χ0) is 15.4. The molecule has 0 fully saturated rings. The van der Waals surface area contributed by atoms with Crippen molar-refractivity contribution in [1.29, 1.82) is 0 Å². The molecule has 0 saturated carbocycles. The van der Waals surface area contributed by atoms with E-state index in [1.54, 1.807) is 24.3 Å². The molecule has 4 nitrogen and oxygen atoms in total. The van der Waals surface area contributed by atoms with Crippen LogP contribution < -0.4 is 11.1 Å². The summed E-state index contributed by atoms with van der Waals surface area (Å²) in [5.41, 5.74) is 6.84. The number of para-hydroxylation sites is 1. The largest absolute Gasteiger partial charge is 0.398 e. The van der Waals surface area contributed by atoms with Gasteiger partial charge in [-0.15, -0.1) is 0 Å². The second-order valence-electron chi connectivity index (χ2n) is 4.20. The molecular formula is C14H12Br2N2O2S. The predicted octanol–water partition coefficient (Wildman–Crippen LogP) is 3.54. The lowest BCUT2D eigenvalue weighted by atomic mass is 10.3. The highest BCUT2D eigenvalue weighted by molar-refractivity contribution is 9.10. The molecule has 0 saturated heterocycles. The van der Waals surface area contributed by atoms with Gasteiger partial charge < -0.3 is 11.1 Å². The van der Waals surface area contributed by atoms with Crippen molar-refractivity contribution in [3.8, 4) is 0 Å². The van der Waals surface area contributed by atoms with E-state index >= 15 is 0 Å². The van der Waals surface area contributed by atoms with Crippen molar-refractivity contribution in [3.05, 3.63) is 51.4 Å². The number of carbonyl (C=O) groups is 1. The molecule has 21 heavy (non-hydrogen) atoms. The van der Waals surface area contributed by atoms with Crippen LogP contribution in [0.15, 0.2) is 56.3 Å². The SMILES string of the molecule is Nc1ccc(Br)cc1S(=O)CC(=O)Nc1ccccc1Br. The number of nitrogens with one attached hydrogen (secondary N) is 1. The highest BCUT2D eigenvalue weighted by Crippen LogP contribution is 2.23. The van der Waals surface area contributed by atoms with Gasteiger partial charge >= 0.3 is 0 Å². The molecule has 0 spiro atoms. The molecule has 3 N–H and O–H groups in total. The molecule has 1 atom stereocenters. The Morgan fingerprint density at radius 1 is 1.19 bits per heavy atom. The van der Waals surface area contributed by atoms with Crippen molar-refractivity contribution < 1.29 is 9.00 Å². The van der Waals surface area contributed by atoms with E-state index in [0.717, 1.165) is 8.95 Å². The van der Waals surface area contributed by atoms with E-state index in [1.807, 2.05) is 18.2 Å². The van der Waals surface area contributed by atoms with Crippen molar-refractivity contribution in [1.82, 2.24) is 0 Å². The lowest BCUT2D eigenvalue weighted by Gasteiger charge is -2.08. The second kappa shape index (κ2) is 7.20. The van der Waals surface area contributed by atoms with Crippen LogP contribution in [0.5, 0.6) is 0 Å². The standard InChI is InChI=1S/C14H12Br2N2O2S/c15-9-5-6-11(17)13(7-9)21(20)8-14(19)18-12-4-2-1-3-10(12)16/h1-7H,8,17H2,(H,18,19). The number of carbonyl (C=O) groups excluding carboxylic acids is 1. The van der Waals surface area contributed by atoms with Crippen molar-refractivity contribution in [3.63, 3.8) is 0 Å². The molecule has 110 valence electrons. The predicted molar refractivity (Wildman–Crippen MR) is 92.6 cm³/mol. The Kier molecular flexibility index (Phi) is 5.55. The number of amides is 1. The monoisotopic (exact) mass is 430 g/mol. The normalized spacial score (nSPS) is 11.9. The van der Waals surface area contributed by atoms with Crippen molar-refractivity contribution in [2.75, 3.05) is 16.8 Å². The topological polar surface area (TPSA) is 72.2 Å². The summed E-state index contributed by atoms with van der Waals surface area (Å²) in [6.45, 7) is 0. The van der Waals surface area contributed by atoms with Gasteiger partial charge in [-0.25, -0.2) is 0 Å². The number of rotatable bonds is 4. The molecule has 2 aromatic carbocycles. The van der Waals surface area contributed by atoms with Crippen LogP contribution in [0.2, 0.25) is 0 Å². The first-order chi connectivity index (χ1) is 9.97.